The van der Waals surface area contributed by atoms with Crippen LogP contribution in [0, 0.1) is 0 Å². The van der Waals surface area contributed by atoms with Gasteiger partial charge >= 0.3 is 0 Å². The third-order valence-corrected chi connectivity index (χ3v) is 3.40. The molecule has 0 aliphatic carbocycles. The third kappa shape index (κ3) is 3.70. The number of anilines is 1. The van der Waals surface area contributed by atoms with E-state index in [4.69, 9.17) is 0 Å². The van der Waals surface area contributed by atoms with E-state index in [0.29, 0.717) is 5.25 Å². The fraction of sp³-hybridized carbons (Fsp3) is 0.636. The summed E-state index contributed by atoms with van der Waals surface area (Å²) < 4.78 is 0. The Labute approximate surface area is 96.1 Å². The first-order chi connectivity index (χ1) is 7.19. The van der Waals surface area contributed by atoms with Gasteiger partial charge in [0, 0.05) is 24.8 Å². The van der Waals surface area contributed by atoms with Crippen LogP contribution in [-0.2, 0) is 6.42 Å². The smallest absolute Gasteiger partial charge is 0.131 e. The summed E-state index contributed by atoms with van der Waals surface area (Å²) in [4.78, 5) is 8.87. The highest BCUT2D eigenvalue weighted by atomic mass is 32.2. The maximum absolute atomic E-state index is 4.50. The molecular weight excluding hydrogens is 206 g/mol. The maximum Gasteiger partial charge on any atom is 0.131 e. The highest BCUT2D eigenvalue weighted by Gasteiger charge is 2.06. The number of hydrogen-bond acceptors (Lipinski definition) is 4. The molecule has 0 amide bonds. The summed E-state index contributed by atoms with van der Waals surface area (Å²) in [5, 5.41) is 4.74. The summed E-state index contributed by atoms with van der Waals surface area (Å²) >= 11 is 1.81. The third-order valence-electron chi connectivity index (χ3n) is 2.22. The number of aryl methyl sites for hydroxylation is 1. The van der Waals surface area contributed by atoms with Crippen molar-refractivity contribution in [3.63, 3.8) is 0 Å². The number of rotatable bonds is 5. The van der Waals surface area contributed by atoms with Crippen molar-refractivity contribution >= 4 is 17.6 Å². The lowest BCUT2D eigenvalue weighted by Gasteiger charge is -2.09. The summed E-state index contributed by atoms with van der Waals surface area (Å²) in [6, 6.07) is 2.01. The second kappa shape index (κ2) is 5.95. The van der Waals surface area contributed by atoms with Gasteiger partial charge in [-0.25, -0.2) is 9.97 Å². The molecule has 84 valence electrons. The van der Waals surface area contributed by atoms with Crippen LogP contribution in [0.2, 0.25) is 0 Å². The van der Waals surface area contributed by atoms with E-state index in [2.05, 4.69) is 36.1 Å². The Kier molecular flexibility index (Phi) is 4.88. The first-order valence-corrected chi connectivity index (χ1v) is 6.29. The van der Waals surface area contributed by atoms with Crippen molar-refractivity contribution < 1.29 is 0 Å². The normalized spacial score (nSPS) is 12.5. The molecule has 1 unspecified atom stereocenters. The van der Waals surface area contributed by atoms with Gasteiger partial charge in [-0.15, -0.1) is 11.8 Å². The molecule has 0 fully saturated rings. The predicted octanol–water partition coefficient (Wildman–Crippen LogP) is 2.97. The molecule has 0 aliphatic heterocycles. The van der Waals surface area contributed by atoms with Crippen molar-refractivity contribution in [3.8, 4) is 0 Å². The van der Waals surface area contributed by atoms with Gasteiger partial charge in [-0.1, -0.05) is 20.8 Å². The minimum absolute atomic E-state index is 0.606. The van der Waals surface area contributed by atoms with Crippen LogP contribution in [0.5, 0.6) is 0 Å². The lowest BCUT2D eigenvalue weighted by Crippen LogP contribution is -2.02. The molecule has 1 aromatic heterocycles. The first-order valence-electron chi connectivity index (χ1n) is 5.41. The van der Waals surface area contributed by atoms with Crippen LogP contribution < -0.4 is 5.32 Å². The zero-order valence-electron chi connectivity index (χ0n) is 9.87. The maximum atomic E-state index is 4.50. The number of hydrogen-bond donors (Lipinski definition) is 1. The zero-order valence-corrected chi connectivity index (χ0v) is 10.7. The van der Waals surface area contributed by atoms with Crippen LogP contribution >= 0.6 is 11.8 Å². The monoisotopic (exact) mass is 225 g/mol. The van der Waals surface area contributed by atoms with Crippen molar-refractivity contribution in [1.29, 1.82) is 0 Å². The van der Waals surface area contributed by atoms with E-state index >= 15 is 0 Å². The largest absolute Gasteiger partial charge is 0.373 e. The first kappa shape index (κ1) is 12.3. The van der Waals surface area contributed by atoms with Crippen molar-refractivity contribution in [2.24, 2.45) is 0 Å². The standard InChI is InChI=1S/C11H19N3S/c1-5-8(3)15-11-7-10(12-4)13-9(6-2)14-11/h7-8H,5-6H2,1-4H3,(H,12,13,14). The Balaban J connectivity index is 2.86. The molecule has 0 aliphatic rings. The van der Waals surface area contributed by atoms with Gasteiger partial charge in [0.2, 0.25) is 0 Å². The second-order valence-electron chi connectivity index (χ2n) is 3.45. The molecule has 4 heteroatoms. The van der Waals surface area contributed by atoms with Crippen LogP contribution in [-0.4, -0.2) is 22.3 Å². The number of nitrogens with zero attached hydrogens (tertiary/aromatic N) is 2. The Morgan fingerprint density at radius 1 is 1.40 bits per heavy atom. The molecule has 0 spiro atoms. The predicted molar refractivity (Wildman–Crippen MR) is 66.6 cm³/mol. The van der Waals surface area contributed by atoms with Crippen LogP contribution in [0.25, 0.3) is 0 Å². The van der Waals surface area contributed by atoms with Gasteiger partial charge < -0.3 is 5.32 Å². The van der Waals surface area contributed by atoms with Crippen molar-refractivity contribution in [1.82, 2.24) is 9.97 Å². The van der Waals surface area contributed by atoms with E-state index in [-0.39, 0.29) is 0 Å². The van der Waals surface area contributed by atoms with Gasteiger partial charge in [0.15, 0.2) is 0 Å². The number of thioether (sulfide) groups is 1. The highest BCUT2D eigenvalue weighted by Crippen LogP contribution is 2.24. The Morgan fingerprint density at radius 2 is 2.13 bits per heavy atom. The Hall–Kier alpha value is -0.770. The van der Waals surface area contributed by atoms with Gasteiger partial charge in [0.05, 0.1) is 0 Å². The molecule has 0 radical (unpaired) electrons. The summed E-state index contributed by atoms with van der Waals surface area (Å²) in [6.45, 7) is 6.49. The minimum Gasteiger partial charge on any atom is -0.373 e. The van der Waals surface area contributed by atoms with Crippen LogP contribution in [0.15, 0.2) is 11.1 Å². The van der Waals surface area contributed by atoms with Crippen LogP contribution in [0.1, 0.15) is 33.0 Å². The van der Waals surface area contributed by atoms with E-state index in [1.54, 1.807) is 0 Å². The summed E-state index contributed by atoms with van der Waals surface area (Å²) in [6.07, 6.45) is 2.04. The minimum atomic E-state index is 0.606. The Bertz CT molecular complexity index is 292. The van der Waals surface area contributed by atoms with Gasteiger partial charge in [-0.05, 0) is 6.42 Å². The molecule has 0 bridgehead atoms. The number of nitrogens with one attached hydrogen (secondary N) is 1. The van der Waals surface area contributed by atoms with Crippen LogP contribution in [0.3, 0.4) is 0 Å². The number of aromatic nitrogens is 2. The quantitative estimate of drug-likeness (QED) is 0.617. The summed E-state index contributed by atoms with van der Waals surface area (Å²) in [5.41, 5.74) is 0. The molecule has 3 nitrogen and oxygen atoms in total. The highest BCUT2D eigenvalue weighted by molar-refractivity contribution is 7.99. The van der Waals surface area contributed by atoms with E-state index in [1.807, 2.05) is 24.9 Å². The molecule has 0 saturated carbocycles. The summed E-state index contributed by atoms with van der Waals surface area (Å²) in [5.74, 6) is 1.82. The van der Waals surface area contributed by atoms with E-state index in [9.17, 15) is 0 Å². The molecule has 1 atom stereocenters. The fourth-order valence-electron chi connectivity index (χ4n) is 1.11. The van der Waals surface area contributed by atoms with E-state index in [1.165, 1.54) is 0 Å². The molecule has 15 heavy (non-hydrogen) atoms. The molecule has 0 aromatic carbocycles. The van der Waals surface area contributed by atoms with E-state index < -0.39 is 0 Å². The Morgan fingerprint density at radius 3 is 2.67 bits per heavy atom. The van der Waals surface area contributed by atoms with Gasteiger partial charge in [0.1, 0.15) is 16.7 Å². The molecule has 0 saturated heterocycles. The molecule has 1 heterocycles. The average molecular weight is 225 g/mol. The van der Waals surface area contributed by atoms with Crippen molar-refractivity contribution in [3.05, 3.63) is 11.9 Å². The second-order valence-corrected chi connectivity index (χ2v) is 4.91. The van der Waals surface area contributed by atoms with Crippen molar-refractivity contribution in [2.75, 3.05) is 12.4 Å². The molecular formula is C11H19N3S. The molecule has 1 N–H and O–H groups in total. The average Bonchev–Trinajstić information content (AvgIpc) is 2.28. The summed E-state index contributed by atoms with van der Waals surface area (Å²) in [7, 11) is 1.89. The van der Waals surface area contributed by atoms with E-state index in [0.717, 1.165) is 29.5 Å². The SMILES string of the molecule is CCc1nc(NC)cc(SC(C)CC)n1. The molecule has 1 aromatic rings. The lowest BCUT2D eigenvalue weighted by atomic mass is 10.4. The van der Waals surface area contributed by atoms with Crippen LogP contribution in [0.4, 0.5) is 5.82 Å². The van der Waals surface area contributed by atoms with Gasteiger partial charge in [-0.3, -0.25) is 0 Å². The zero-order chi connectivity index (χ0) is 11.3. The van der Waals surface area contributed by atoms with Gasteiger partial charge in [0.25, 0.3) is 0 Å². The topological polar surface area (TPSA) is 37.8 Å². The lowest BCUT2D eigenvalue weighted by molar-refractivity contribution is 0.871. The molecule has 1 rings (SSSR count). The van der Waals surface area contributed by atoms with Gasteiger partial charge in [-0.2, -0.15) is 0 Å². The fourth-order valence-corrected chi connectivity index (χ4v) is 2.03. The van der Waals surface area contributed by atoms with Crippen molar-refractivity contribution in [2.45, 2.75) is 43.9 Å².